The highest BCUT2D eigenvalue weighted by atomic mass is 35.5. The fourth-order valence-electron chi connectivity index (χ4n) is 2.49. The van der Waals surface area contributed by atoms with E-state index in [4.69, 9.17) is 27.9 Å². The molecule has 1 unspecified atom stereocenters. The van der Waals surface area contributed by atoms with E-state index in [1.165, 1.54) is 0 Å². The van der Waals surface area contributed by atoms with Crippen molar-refractivity contribution < 1.29 is 14.6 Å². The first-order valence-corrected chi connectivity index (χ1v) is 9.22. The van der Waals surface area contributed by atoms with Crippen molar-refractivity contribution >= 4 is 29.2 Å². The second kappa shape index (κ2) is 9.81. The number of carboxylic acid groups (broad SMARTS) is 1. The normalized spacial score (nSPS) is 12.2. The predicted molar refractivity (Wildman–Crippen MR) is 105 cm³/mol. The molecule has 2 aromatic rings. The van der Waals surface area contributed by atoms with Crippen LogP contribution in [0.15, 0.2) is 42.5 Å². The highest BCUT2D eigenvalue weighted by Crippen LogP contribution is 2.23. The van der Waals surface area contributed by atoms with Gasteiger partial charge in [0.15, 0.2) is 0 Å². The minimum absolute atomic E-state index is 0.319. The Morgan fingerprint density at radius 2 is 1.85 bits per heavy atom. The molecule has 0 heterocycles. The third-order valence-corrected chi connectivity index (χ3v) is 4.48. The molecule has 0 saturated carbocycles. The second-order valence-corrected chi connectivity index (χ2v) is 7.41. The van der Waals surface area contributed by atoms with Gasteiger partial charge in [0.1, 0.15) is 18.4 Å². The fourth-order valence-corrected chi connectivity index (χ4v) is 2.95. The van der Waals surface area contributed by atoms with Crippen LogP contribution in [0.3, 0.4) is 0 Å². The van der Waals surface area contributed by atoms with Crippen LogP contribution >= 0.6 is 23.2 Å². The van der Waals surface area contributed by atoms with Crippen molar-refractivity contribution in [2.24, 2.45) is 5.92 Å². The van der Waals surface area contributed by atoms with E-state index in [9.17, 15) is 9.90 Å². The molecule has 140 valence electrons. The summed E-state index contributed by atoms with van der Waals surface area (Å²) in [6.07, 6.45) is 0.596. The van der Waals surface area contributed by atoms with E-state index >= 15 is 0 Å². The molecule has 0 spiro atoms. The first-order chi connectivity index (χ1) is 12.3. The Hall–Kier alpha value is -1.75. The van der Waals surface area contributed by atoms with Gasteiger partial charge < -0.3 is 15.2 Å². The number of nitrogens with one attached hydrogen (secondary N) is 1. The molecule has 0 aliphatic rings. The van der Waals surface area contributed by atoms with Gasteiger partial charge in [0.05, 0.1) is 0 Å². The quantitative estimate of drug-likeness (QED) is 0.615. The smallest absolute Gasteiger partial charge is 0.320 e. The van der Waals surface area contributed by atoms with Gasteiger partial charge in [0.25, 0.3) is 0 Å². The van der Waals surface area contributed by atoms with Gasteiger partial charge in [-0.15, -0.1) is 0 Å². The zero-order valence-corrected chi connectivity index (χ0v) is 16.3. The molecule has 0 aromatic heterocycles. The molecule has 0 aliphatic carbocycles. The number of halogens is 2. The van der Waals surface area contributed by atoms with Crippen molar-refractivity contribution in [3.05, 3.63) is 63.6 Å². The summed E-state index contributed by atoms with van der Waals surface area (Å²) in [6, 6.07) is 12.3. The molecule has 2 rings (SSSR count). The van der Waals surface area contributed by atoms with Crippen LogP contribution in [0.5, 0.6) is 5.75 Å². The number of benzene rings is 2. The predicted octanol–water partition coefficient (Wildman–Crippen LogP) is 5.16. The molecule has 0 aliphatic heterocycles. The molecule has 0 amide bonds. The van der Waals surface area contributed by atoms with Crippen LogP contribution in [-0.4, -0.2) is 17.1 Å². The molecule has 2 aromatic carbocycles. The largest absolute Gasteiger partial charge is 0.489 e. The van der Waals surface area contributed by atoms with E-state index in [2.05, 4.69) is 5.32 Å². The van der Waals surface area contributed by atoms with Gasteiger partial charge in [0, 0.05) is 22.2 Å². The Bertz CT molecular complexity index is 732. The standard InChI is InChI=1S/C20H23Cl2NO3/c1-13(2)9-19(20(24)25)23-11-14-3-7-17(8-4-14)26-12-15-5-6-16(21)10-18(15)22/h3-8,10,13,19,23H,9,11-12H2,1-2H3,(H,24,25). The van der Waals surface area contributed by atoms with Gasteiger partial charge in [0.2, 0.25) is 0 Å². The number of carbonyl (C=O) groups is 1. The van der Waals surface area contributed by atoms with Gasteiger partial charge >= 0.3 is 5.97 Å². The average Bonchev–Trinajstić information content (AvgIpc) is 2.58. The molecule has 2 N–H and O–H groups in total. The van der Waals surface area contributed by atoms with E-state index in [-0.39, 0.29) is 0 Å². The monoisotopic (exact) mass is 395 g/mol. The third kappa shape index (κ3) is 6.52. The SMILES string of the molecule is CC(C)CC(NCc1ccc(OCc2ccc(Cl)cc2Cl)cc1)C(=O)O. The van der Waals surface area contributed by atoms with Crippen molar-refractivity contribution in [3.63, 3.8) is 0 Å². The summed E-state index contributed by atoms with van der Waals surface area (Å²) in [5.41, 5.74) is 1.86. The Balaban J connectivity index is 1.88. The third-order valence-electron chi connectivity index (χ3n) is 3.89. The Morgan fingerprint density at radius 3 is 2.42 bits per heavy atom. The molecule has 26 heavy (non-hydrogen) atoms. The van der Waals surface area contributed by atoms with Gasteiger partial charge in [-0.3, -0.25) is 4.79 Å². The summed E-state index contributed by atoms with van der Waals surface area (Å²) in [5, 5.41) is 13.5. The summed E-state index contributed by atoms with van der Waals surface area (Å²) in [4.78, 5) is 11.3. The Kier molecular flexibility index (Phi) is 7.76. The van der Waals surface area contributed by atoms with Crippen LogP contribution in [-0.2, 0) is 17.9 Å². The first-order valence-electron chi connectivity index (χ1n) is 8.47. The van der Waals surface area contributed by atoms with Crippen molar-refractivity contribution in [1.82, 2.24) is 5.32 Å². The number of rotatable bonds is 9. The molecular formula is C20H23Cl2NO3. The van der Waals surface area contributed by atoms with E-state index < -0.39 is 12.0 Å². The number of hydrogen-bond acceptors (Lipinski definition) is 3. The first kappa shape index (κ1) is 20.6. The number of hydrogen-bond donors (Lipinski definition) is 2. The van der Waals surface area contributed by atoms with Crippen LogP contribution in [0.2, 0.25) is 10.0 Å². The Morgan fingerprint density at radius 1 is 1.15 bits per heavy atom. The van der Waals surface area contributed by atoms with E-state index in [1.807, 2.05) is 44.2 Å². The van der Waals surface area contributed by atoms with E-state index in [1.54, 1.807) is 12.1 Å². The zero-order chi connectivity index (χ0) is 19.1. The second-order valence-electron chi connectivity index (χ2n) is 6.57. The number of ether oxygens (including phenoxy) is 1. The summed E-state index contributed by atoms with van der Waals surface area (Å²) in [5.74, 6) is 0.217. The minimum Gasteiger partial charge on any atom is -0.489 e. The highest BCUT2D eigenvalue weighted by Gasteiger charge is 2.17. The molecule has 0 bridgehead atoms. The Labute approximate surface area is 164 Å². The lowest BCUT2D eigenvalue weighted by Gasteiger charge is -2.16. The molecule has 0 radical (unpaired) electrons. The zero-order valence-electron chi connectivity index (χ0n) is 14.8. The van der Waals surface area contributed by atoms with Crippen LogP contribution in [0, 0.1) is 5.92 Å². The topological polar surface area (TPSA) is 58.6 Å². The highest BCUT2D eigenvalue weighted by molar-refractivity contribution is 6.35. The summed E-state index contributed by atoms with van der Waals surface area (Å²) >= 11 is 12.0. The maximum atomic E-state index is 11.3. The van der Waals surface area contributed by atoms with Gasteiger partial charge in [-0.1, -0.05) is 55.2 Å². The van der Waals surface area contributed by atoms with E-state index in [0.29, 0.717) is 35.5 Å². The van der Waals surface area contributed by atoms with E-state index in [0.717, 1.165) is 16.9 Å². The molecule has 0 saturated heterocycles. The summed E-state index contributed by atoms with van der Waals surface area (Å²) in [7, 11) is 0. The van der Waals surface area contributed by atoms with Crippen LogP contribution < -0.4 is 10.1 Å². The molecule has 4 nitrogen and oxygen atoms in total. The maximum absolute atomic E-state index is 11.3. The van der Waals surface area contributed by atoms with Crippen LogP contribution in [0.4, 0.5) is 0 Å². The molecular weight excluding hydrogens is 373 g/mol. The fraction of sp³-hybridized carbons (Fsp3) is 0.350. The summed E-state index contributed by atoms with van der Waals surface area (Å²) < 4.78 is 5.74. The van der Waals surface area contributed by atoms with Crippen molar-refractivity contribution in [2.45, 2.75) is 39.5 Å². The minimum atomic E-state index is -0.821. The lowest BCUT2D eigenvalue weighted by atomic mass is 10.0. The van der Waals surface area contributed by atoms with Gasteiger partial charge in [-0.2, -0.15) is 0 Å². The maximum Gasteiger partial charge on any atom is 0.320 e. The van der Waals surface area contributed by atoms with Crippen molar-refractivity contribution in [2.75, 3.05) is 0 Å². The van der Waals surface area contributed by atoms with Crippen LogP contribution in [0.1, 0.15) is 31.4 Å². The van der Waals surface area contributed by atoms with Crippen molar-refractivity contribution in [3.8, 4) is 5.75 Å². The molecule has 1 atom stereocenters. The number of carboxylic acids is 1. The summed E-state index contributed by atoms with van der Waals surface area (Å²) in [6.45, 7) is 4.86. The van der Waals surface area contributed by atoms with Crippen LogP contribution in [0.25, 0.3) is 0 Å². The molecule has 6 heteroatoms. The van der Waals surface area contributed by atoms with Crippen molar-refractivity contribution in [1.29, 1.82) is 0 Å². The number of aliphatic carboxylic acids is 1. The average molecular weight is 396 g/mol. The lowest BCUT2D eigenvalue weighted by molar-refractivity contribution is -0.140. The lowest BCUT2D eigenvalue weighted by Crippen LogP contribution is -2.37. The van der Waals surface area contributed by atoms with Gasteiger partial charge in [-0.05, 0) is 42.2 Å². The van der Waals surface area contributed by atoms with Gasteiger partial charge in [-0.25, -0.2) is 0 Å². The molecule has 0 fully saturated rings.